The molecule has 3 nitrogen and oxygen atoms in total. The van der Waals surface area contributed by atoms with Crippen molar-refractivity contribution in [1.29, 1.82) is 0 Å². The molecular weight excluding hydrogens is 340 g/mol. The molecule has 22 heavy (non-hydrogen) atoms. The summed E-state index contributed by atoms with van der Waals surface area (Å²) in [5.74, 6) is -0.0214. The summed E-state index contributed by atoms with van der Waals surface area (Å²) in [4.78, 5) is 15.9. The zero-order chi connectivity index (χ0) is 15.1. The van der Waals surface area contributed by atoms with E-state index in [2.05, 4.69) is 44.4 Å². The van der Waals surface area contributed by atoms with E-state index in [9.17, 15) is 4.79 Å². The number of carbonyl (C=O) groups excluding carboxylic acids is 1. The van der Waals surface area contributed by atoms with Crippen molar-refractivity contribution in [1.82, 2.24) is 10.3 Å². The van der Waals surface area contributed by atoms with Crippen molar-refractivity contribution in [2.24, 2.45) is 0 Å². The molecule has 1 aliphatic rings. The Kier molecular flexibility index (Phi) is 3.26. The first kappa shape index (κ1) is 13.6. The fourth-order valence-electron chi connectivity index (χ4n) is 3.24. The van der Waals surface area contributed by atoms with Gasteiger partial charge in [-0.05, 0) is 46.1 Å². The predicted molar refractivity (Wildman–Crippen MR) is 91.1 cm³/mol. The van der Waals surface area contributed by atoms with E-state index in [1.165, 1.54) is 22.2 Å². The Morgan fingerprint density at radius 2 is 1.86 bits per heavy atom. The summed E-state index contributed by atoms with van der Waals surface area (Å²) in [6.07, 6.45) is 1.75. The topological polar surface area (TPSA) is 44.9 Å². The normalized spacial score (nSPS) is 16.7. The Bertz CT molecular complexity index is 868. The molecule has 0 radical (unpaired) electrons. The second-order valence-electron chi connectivity index (χ2n) is 5.69. The highest BCUT2D eigenvalue weighted by Crippen LogP contribution is 2.30. The van der Waals surface area contributed by atoms with Gasteiger partial charge in [0.1, 0.15) is 0 Å². The van der Waals surface area contributed by atoms with E-state index in [0.717, 1.165) is 17.3 Å². The molecule has 0 aliphatic heterocycles. The maximum atomic E-state index is 12.4. The van der Waals surface area contributed by atoms with Crippen molar-refractivity contribution >= 4 is 32.7 Å². The lowest BCUT2D eigenvalue weighted by atomic mass is 10.1. The number of H-pyrrole nitrogens is 1. The second kappa shape index (κ2) is 5.29. The third-order valence-electron chi connectivity index (χ3n) is 4.26. The Morgan fingerprint density at radius 3 is 2.73 bits per heavy atom. The monoisotopic (exact) mass is 354 g/mol. The molecule has 0 bridgehead atoms. The number of hydrogen-bond acceptors (Lipinski definition) is 1. The SMILES string of the molecule is O=C(NC1Cc2[nH]c3ccccc3c2C1)c1ccccc1Br. The smallest absolute Gasteiger partial charge is 0.252 e. The molecule has 1 aliphatic carbocycles. The van der Waals surface area contributed by atoms with Gasteiger partial charge in [0.2, 0.25) is 0 Å². The summed E-state index contributed by atoms with van der Waals surface area (Å²) in [6, 6.07) is 16.0. The van der Waals surface area contributed by atoms with Gasteiger partial charge in [-0.3, -0.25) is 4.79 Å². The van der Waals surface area contributed by atoms with Crippen molar-refractivity contribution in [3.8, 4) is 0 Å². The van der Waals surface area contributed by atoms with E-state index in [0.29, 0.717) is 5.56 Å². The molecule has 2 aromatic carbocycles. The minimum atomic E-state index is -0.0214. The van der Waals surface area contributed by atoms with Gasteiger partial charge in [0.05, 0.1) is 5.56 Å². The van der Waals surface area contributed by atoms with E-state index < -0.39 is 0 Å². The highest BCUT2D eigenvalue weighted by atomic mass is 79.9. The van der Waals surface area contributed by atoms with Crippen LogP contribution in [0.15, 0.2) is 53.0 Å². The van der Waals surface area contributed by atoms with Crippen LogP contribution in [0.2, 0.25) is 0 Å². The molecule has 1 heterocycles. The van der Waals surface area contributed by atoms with Crippen molar-refractivity contribution < 1.29 is 4.79 Å². The number of halogens is 1. The summed E-state index contributed by atoms with van der Waals surface area (Å²) >= 11 is 3.43. The van der Waals surface area contributed by atoms with Crippen LogP contribution in [0.3, 0.4) is 0 Å². The molecule has 1 unspecified atom stereocenters. The summed E-state index contributed by atoms with van der Waals surface area (Å²) < 4.78 is 0.828. The van der Waals surface area contributed by atoms with Crippen LogP contribution in [0.1, 0.15) is 21.6 Å². The fraction of sp³-hybridized carbons (Fsp3) is 0.167. The lowest BCUT2D eigenvalue weighted by Crippen LogP contribution is -2.35. The number of rotatable bonds is 2. The van der Waals surface area contributed by atoms with Crippen LogP contribution in [0.25, 0.3) is 10.9 Å². The summed E-state index contributed by atoms with van der Waals surface area (Å²) in [5.41, 5.74) is 4.46. The van der Waals surface area contributed by atoms with Crippen molar-refractivity contribution in [2.45, 2.75) is 18.9 Å². The lowest BCUT2D eigenvalue weighted by Gasteiger charge is -2.13. The molecule has 110 valence electrons. The zero-order valence-corrected chi connectivity index (χ0v) is 13.5. The summed E-state index contributed by atoms with van der Waals surface area (Å²) in [5, 5.41) is 4.42. The van der Waals surface area contributed by atoms with Gasteiger partial charge in [-0.25, -0.2) is 0 Å². The highest BCUT2D eigenvalue weighted by Gasteiger charge is 2.27. The maximum absolute atomic E-state index is 12.4. The Morgan fingerprint density at radius 1 is 1.09 bits per heavy atom. The number of para-hydroxylation sites is 1. The molecular formula is C18H15BrN2O. The fourth-order valence-corrected chi connectivity index (χ4v) is 3.70. The molecule has 0 saturated carbocycles. The molecule has 4 rings (SSSR count). The number of nitrogens with one attached hydrogen (secondary N) is 2. The van der Waals surface area contributed by atoms with E-state index in [-0.39, 0.29) is 11.9 Å². The van der Waals surface area contributed by atoms with Crippen molar-refractivity contribution in [2.75, 3.05) is 0 Å². The first-order valence-electron chi connectivity index (χ1n) is 7.36. The zero-order valence-electron chi connectivity index (χ0n) is 11.9. The van der Waals surface area contributed by atoms with Gasteiger partial charge in [0, 0.05) is 33.5 Å². The number of aromatic nitrogens is 1. The number of hydrogen-bond donors (Lipinski definition) is 2. The standard InChI is InChI=1S/C18H15BrN2O/c19-15-7-3-1-6-13(15)18(22)20-11-9-14-12-5-2-4-8-16(12)21-17(14)10-11/h1-8,11,21H,9-10H2,(H,20,22). The van der Waals surface area contributed by atoms with Crippen LogP contribution in [0, 0.1) is 0 Å². The van der Waals surface area contributed by atoms with Gasteiger partial charge in [0.15, 0.2) is 0 Å². The van der Waals surface area contributed by atoms with E-state index in [1.54, 1.807) is 0 Å². The number of fused-ring (bicyclic) bond motifs is 3. The number of amides is 1. The predicted octanol–water partition coefficient (Wildman–Crippen LogP) is 3.83. The molecule has 0 saturated heterocycles. The van der Waals surface area contributed by atoms with Crippen molar-refractivity contribution in [3.05, 3.63) is 69.8 Å². The molecule has 1 amide bonds. The minimum absolute atomic E-state index is 0.0214. The molecule has 2 N–H and O–H groups in total. The highest BCUT2D eigenvalue weighted by molar-refractivity contribution is 9.10. The summed E-state index contributed by atoms with van der Waals surface area (Å²) in [7, 11) is 0. The van der Waals surface area contributed by atoms with E-state index in [1.807, 2.05) is 30.3 Å². The van der Waals surface area contributed by atoms with Crippen LogP contribution >= 0.6 is 15.9 Å². The van der Waals surface area contributed by atoms with E-state index in [4.69, 9.17) is 0 Å². The number of carbonyl (C=O) groups is 1. The Labute approximate surface area is 136 Å². The van der Waals surface area contributed by atoms with Gasteiger partial charge in [0.25, 0.3) is 5.91 Å². The van der Waals surface area contributed by atoms with Crippen LogP contribution in [0.4, 0.5) is 0 Å². The van der Waals surface area contributed by atoms with Gasteiger partial charge in [-0.15, -0.1) is 0 Å². The molecule has 0 fully saturated rings. The number of benzene rings is 2. The Balaban J connectivity index is 1.54. The number of aromatic amines is 1. The summed E-state index contributed by atoms with van der Waals surface area (Å²) in [6.45, 7) is 0. The molecule has 1 aromatic heterocycles. The van der Waals surface area contributed by atoms with Crippen LogP contribution in [-0.2, 0) is 12.8 Å². The van der Waals surface area contributed by atoms with Crippen LogP contribution in [0.5, 0.6) is 0 Å². The third kappa shape index (κ3) is 2.24. The first-order chi connectivity index (χ1) is 10.7. The maximum Gasteiger partial charge on any atom is 0.252 e. The first-order valence-corrected chi connectivity index (χ1v) is 8.15. The average Bonchev–Trinajstić information content (AvgIpc) is 3.04. The molecule has 3 aromatic rings. The molecule has 0 spiro atoms. The van der Waals surface area contributed by atoms with Gasteiger partial charge < -0.3 is 10.3 Å². The lowest BCUT2D eigenvalue weighted by molar-refractivity contribution is 0.0938. The second-order valence-corrected chi connectivity index (χ2v) is 6.54. The van der Waals surface area contributed by atoms with Gasteiger partial charge in [-0.1, -0.05) is 30.3 Å². The largest absolute Gasteiger partial charge is 0.358 e. The average molecular weight is 355 g/mol. The Hall–Kier alpha value is -2.07. The third-order valence-corrected chi connectivity index (χ3v) is 4.95. The van der Waals surface area contributed by atoms with Gasteiger partial charge >= 0.3 is 0 Å². The van der Waals surface area contributed by atoms with Crippen LogP contribution < -0.4 is 5.32 Å². The minimum Gasteiger partial charge on any atom is -0.358 e. The van der Waals surface area contributed by atoms with Crippen LogP contribution in [-0.4, -0.2) is 16.9 Å². The van der Waals surface area contributed by atoms with Crippen molar-refractivity contribution in [3.63, 3.8) is 0 Å². The van der Waals surface area contributed by atoms with Gasteiger partial charge in [-0.2, -0.15) is 0 Å². The molecule has 4 heteroatoms. The molecule has 1 atom stereocenters. The van der Waals surface area contributed by atoms with E-state index >= 15 is 0 Å². The quantitative estimate of drug-likeness (QED) is 0.721.